The molecule has 0 N–H and O–H groups in total. The lowest BCUT2D eigenvalue weighted by atomic mass is 9.47. The molecule has 3 unspecified atom stereocenters. The molecule has 34 heavy (non-hydrogen) atoms. The predicted octanol–water partition coefficient (Wildman–Crippen LogP) is 6.06. The molecule has 2 aliphatic heterocycles. The number of ketones is 1. The fourth-order valence-electron chi connectivity index (χ4n) is 8.80. The number of Topliss-reactive ketones (excluding diaryl/α,β-unsaturated/α-hetero) is 1. The van der Waals surface area contributed by atoms with Gasteiger partial charge in [0.15, 0.2) is 11.2 Å². The van der Waals surface area contributed by atoms with Crippen LogP contribution in [0.15, 0.2) is 48.0 Å². The Morgan fingerprint density at radius 1 is 0.971 bits per heavy atom. The van der Waals surface area contributed by atoms with E-state index >= 15 is 0 Å². The molecule has 1 aromatic heterocycles. The van der Waals surface area contributed by atoms with E-state index in [4.69, 9.17) is 0 Å². The topological polar surface area (TPSA) is 67.9 Å². The highest BCUT2D eigenvalue weighted by atomic mass is 32.1. The van der Waals surface area contributed by atoms with Crippen molar-refractivity contribution in [3.63, 3.8) is 0 Å². The molecule has 0 radical (unpaired) electrons. The van der Waals surface area contributed by atoms with Crippen molar-refractivity contribution >= 4 is 23.2 Å². The van der Waals surface area contributed by atoms with Crippen molar-refractivity contribution in [3.05, 3.63) is 64.0 Å². The van der Waals surface area contributed by atoms with Gasteiger partial charge >= 0.3 is 0 Å². The van der Waals surface area contributed by atoms with E-state index < -0.39 is 23.4 Å². The SMILES string of the molecule is N#CC1(C#N)C(c2cccs2)C(C(=O)C23CC4CC(CC(C4)C2)C3)N2C=Cc3ccccc3C21. The number of nitriles is 2. The molecule has 4 saturated carbocycles. The maximum Gasteiger partial charge on any atom is 0.178 e. The Kier molecular flexibility index (Phi) is 4.25. The summed E-state index contributed by atoms with van der Waals surface area (Å²) in [4.78, 5) is 17.9. The van der Waals surface area contributed by atoms with E-state index in [1.54, 1.807) is 11.3 Å². The standard InChI is InChI=1S/C29H27N3OS/c30-16-29(17-31)24(23-6-3-9-34-23)25(32-8-7-21-4-1-2-5-22(21)26(29)32)27(33)28-13-18-10-19(14-28)12-20(11-18)15-28/h1-9,18-20,24-26H,10-15H2. The van der Waals surface area contributed by atoms with E-state index in [9.17, 15) is 15.3 Å². The summed E-state index contributed by atoms with van der Waals surface area (Å²) < 4.78 is 0. The van der Waals surface area contributed by atoms with Crippen LogP contribution in [0.25, 0.3) is 6.08 Å². The van der Waals surface area contributed by atoms with Gasteiger partial charge in [0.25, 0.3) is 0 Å². The van der Waals surface area contributed by atoms with Crippen molar-refractivity contribution in [2.75, 3.05) is 0 Å². The largest absolute Gasteiger partial charge is 0.357 e. The summed E-state index contributed by atoms with van der Waals surface area (Å²) in [6.07, 6.45) is 10.9. The maximum atomic E-state index is 14.8. The molecule has 1 aromatic carbocycles. The first kappa shape index (κ1) is 20.5. The molecule has 0 amide bonds. The zero-order chi connectivity index (χ0) is 23.1. The second-order valence-electron chi connectivity index (χ2n) is 11.4. The maximum absolute atomic E-state index is 14.8. The number of nitrogens with zero attached hydrogens (tertiary/aromatic N) is 3. The molecule has 2 aromatic rings. The zero-order valence-corrected chi connectivity index (χ0v) is 19.9. The van der Waals surface area contributed by atoms with Gasteiger partial charge in [0.2, 0.25) is 0 Å². The molecular formula is C29H27N3OS. The van der Waals surface area contributed by atoms with Crippen LogP contribution in [0.5, 0.6) is 0 Å². The highest BCUT2D eigenvalue weighted by Crippen LogP contribution is 2.65. The van der Waals surface area contributed by atoms with Gasteiger partial charge in [0.05, 0.1) is 30.1 Å². The smallest absolute Gasteiger partial charge is 0.178 e. The number of hydrogen-bond acceptors (Lipinski definition) is 5. The Morgan fingerprint density at radius 3 is 2.26 bits per heavy atom. The fourth-order valence-corrected chi connectivity index (χ4v) is 9.73. The van der Waals surface area contributed by atoms with Crippen LogP contribution in [-0.2, 0) is 4.79 Å². The van der Waals surface area contributed by atoms with Crippen molar-refractivity contribution in [2.24, 2.45) is 28.6 Å². The van der Waals surface area contributed by atoms with Crippen molar-refractivity contribution in [2.45, 2.75) is 56.5 Å². The Hall–Kier alpha value is -2.89. The number of thiophene rings is 1. The normalized spacial score (nSPS) is 38.1. The average Bonchev–Trinajstić information content (AvgIpc) is 3.47. The second kappa shape index (κ2) is 7.06. The molecule has 3 heterocycles. The van der Waals surface area contributed by atoms with E-state index in [0.29, 0.717) is 23.5 Å². The highest BCUT2D eigenvalue weighted by molar-refractivity contribution is 7.10. The van der Waals surface area contributed by atoms with Crippen LogP contribution in [0, 0.1) is 51.2 Å². The van der Waals surface area contributed by atoms with Crippen LogP contribution < -0.4 is 0 Å². The van der Waals surface area contributed by atoms with Gasteiger partial charge in [-0.15, -0.1) is 11.3 Å². The van der Waals surface area contributed by atoms with Crippen LogP contribution in [-0.4, -0.2) is 16.7 Å². The third-order valence-corrected chi connectivity index (χ3v) is 10.6. The third-order valence-electron chi connectivity index (χ3n) is 9.62. The molecule has 4 nitrogen and oxygen atoms in total. The lowest BCUT2D eigenvalue weighted by Gasteiger charge is -2.57. The molecule has 5 fully saturated rings. The van der Waals surface area contributed by atoms with Crippen LogP contribution in [0.4, 0.5) is 0 Å². The van der Waals surface area contributed by atoms with Gasteiger partial charge in [-0.25, -0.2) is 0 Å². The number of benzene rings is 1. The molecule has 4 aliphatic carbocycles. The number of carbonyl (C=O) groups excluding carboxylic acids is 1. The van der Waals surface area contributed by atoms with Gasteiger partial charge in [-0.05, 0) is 84.9 Å². The Labute approximate surface area is 204 Å². The molecule has 1 saturated heterocycles. The summed E-state index contributed by atoms with van der Waals surface area (Å²) >= 11 is 1.57. The van der Waals surface area contributed by atoms with Crippen LogP contribution >= 0.6 is 11.3 Å². The molecule has 6 aliphatic rings. The predicted molar refractivity (Wildman–Crippen MR) is 130 cm³/mol. The minimum absolute atomic E-state index is 0.286. The molecule has 5 heteroatoms. The van der Waals surface area contributed by atoms with E-state index in [0.717, 1.165) is 35.3 Å². The number of rotatable bonds is 3. The van der Waals surface area contributed by atoms with Gasteiger partial charge in [-0.3, -0.25) is 4.79 Å². The van der Waals surface area contributed by atoms with E-state index in [1.807, 2.05) is 48.0 Å². The molecular weight excluding hydrogens is 438 g/mol. The summed E-state index contributed by atoms with van der Waals surface area (Å²) in [7, 11) is 0. The van der Waals surface area contributed by atoms with Crippen LogP contribution in [0.2, 0.25) is 0 Å². The number of hydrogen-bond donors (Lipinski definition) is 0. The number of carbonyl (C=O) groups is 1. The first-order valence-corrected chi connectivity index (χ1v) is 13.4. The quantitative estimate of drug-likeness (QED) is 0.552. The zero-order valence-electron chi connectivity index (χ0n) is 19.1. The summed E-state index contributed by atoms with van der Waals surface area (Å²) in [5.74, 6) is 1.85. The lowest BCUT2D eigenvalue weighted by molar-refractivity contribution is -0.148. The average molecular weight is 466 g/mol. The Bertz CT molecular complexity index is 1230. The third kappa shape index (κ3) is 2.54. The summed E-state index contributed by atoms with van der Waals surface area (Å²) in [6, 6.07) is 16.1. The van der Waals surface area contributed by atoms with E-state index in [-0.39, 0.29) is 5.41 Å². The van der Waals surface area contributed by atoms with Crippen molar-refractivity contribution in [3.8, 4) is 12.1 Å². The van der Waals surface area contributed by atoms with E-state index in [1.165, 1.54) is 19.3 Å². The second-order valence-corrected chi connectivity index (χ2v) is 12.4. The summed E-state index contributed by atoms with van der Waals surface area (Å²) in [5, 5.41) is 23.3. The summed E-state index contributed by atoms with van der Waals surface area (Å²) in [6.45, 7) is 0. The lowest BCUT2D eigenvalue weighted by Crippen LogP contribution is -2.55. The molecule has 170 valence electrons. The molecule has 3 atom stereocenters. The van der Waals surface area contributed by atoms with Gasteiger partial charge in [0.1, 0.15) is 0 Å². The molecule has 8 rings (SSSR count). The summed E-state index contributed by atoms with van der Waals surface area (Å²) in [5.41, 5.74) is 0.404. The first-order chi connectivity index (χ1) is 16.6. The van der Waals surface area contributed by atoms with E-state index in [2.05, 4.69) is 23.1 Å². The molecule has 4 bridgehead atoms. The highest BCUT2D eigenvalue weighted by Gasteiger charge is 2.67. The van der Waals surface area contributed by atoms with Gasteiger partial charge in [-0.2, -0.15) is 10.5 Å². The molecule has 0 spiro atoms. The van der Waals surface area contributed by atoms with Crippen LogP contribution in [0.1, 0.15) is 66.5 Å². The number of fused-ring (bicyclic) bond motifs is 3. The first-order valence-electron chi connectivity index (χ1n) is 12.5. The fraction of sp³-hybridized carbons (Fsp3) is 0.483. The van der Waals surface area contributed by atoms with Gasteiger partial charge < -0.3 is 4.90 Å². The Morgan fingerprint density at radius 2 is 1.65 bits per heavy atom. The monoisotopic (exact) mass is 465 g/mol. The van der Waals surface area contributed by atoms with Crippen LogP contribution in [0.3, 0.4) is 0 Å². The van der Waals surface area contributed by atoms with Gasteiger partial charge in [0, 0.05) is 16.5 Å². The van der Waals surface area contributed by atoms with Crippen molar-refractivity contribution < 1.29 is 4.79 Å². The Balaban J connectivity index is 1.42. The van der Waals surface area contributed by atoms with Crippen molar-refractivity contribution in [1.29, 1.82) is 10.5 Å². The van der Waals surface area contributed by atoms with Crippen molar-refractivity contribution in [1.82, 2.24) is 4.90 Å². The minimum atomic E-state index is -1.33. The van der Waals surface area contributed by atoms with Gasteiger partial charge in [-0.1, -0.05) is 30.3 Å². The minimum Gasteiger partial charge on any atom is -0.357 e.